The molecular formula is C13H18N2O. The van der Waals surface area contributed by atoms with Gasteiger partial charge in [0.2, 0.25) is 5.91 Å². The third-order valence-corrected chi connectivity index (χ3v) is 2.81. The van der Waals surface area contributed by atoms with Gasteiger partial charge in [0.15, 0.2) is 0 Å². The zero-order valence-corrected chi connectivity index (χ0v) is 9.57. The molecule has 3 heteroatoms. The largest absolute Gasteiger partial charge is 0.348 e. The Balaban J connectivity index is 1.77. The predicted octanol–water partition coefficient (Wildman–Crippen LogP) is 1.62. The first-order valence-electron chi connectivity index (χ1n) is 5.83. The van der Waals surface area contributed by atoms with Gasteiger partial charge < -0.3 is 10.6 Å². The van der Waals surface area contributed by atoms with Crippen molar-refractivity contribution in [2.24, 2.45) is 0 Å². The Bertz CT molecular complexity index is 346. The molecule has 1 amide bonds. The first-order valence-corrected chi connectivity index (χ1v) is 5.83. The van der Waals surface area contributed by atoms with E-state index in [0.717, 1.165) is 5.56 Å². The lowest BCUT2D eigenvalue weighted by Crippen LogP contribution is -2.36. The Kier molecular flexibility index (Phi) is 3.57. The molecule has 0 spiro atoms. The highest BCUT2D eigenvalue weighted by molar-refractivity contribution is 5.78. The molecule has 16 heavy (non-hydrogen) atoms. The summed E-state index contributed by atoms with van der Waals surface area (Å²) in [6.45, 7) is 2.44. The summed E-state index contributed by atoms with van der Waals surface area (Å²) >= 11 is 0. The van der Waals surface area contributed by atoms with E-state index in [4.69, 9.17) is 0 Å². The van der Waals surface area contributed by atoms with Crippen molar-refractivity contribution in [3.8, 4) is 0 Å². The van der Waals surface area contributed by atoms with E-state index in [-0.39, 0.29) is 11.9 Å². The van der Waals surface area contributed by atoms with Crippen LogP contribution in [0.3, 0.4) is 0 Å². The first-order chi connectivity index (χ1) is 7.75. The third kappa shape index (κ3) is 3.35. The van der Waals surface area contributed by atoms with E-state index < -0.39 is 0 Å². The molecule has 1 aliphatic carbocycles. The minimum Gasteiger partial charge on any atom is -0.348 e. The molecule has 0 saturated heterocycles. The number of carbonyl (C=O) groups excluding carboxylic acids is 1. The van der Waals surface area contributed by atoms with Gasteiger partial charge in [-0.25, -0.2) is 0 Å². The molecule has 1 aliphatic rings. The number of amides is 1. The molecule has 2 N–H and O–H groups in total. The maximum Gasteiger partial charge on any atom is 0.234 e. The summed E-state index contributed by atoms with van der Waals surface area (Å²) in [7, 11) is 0. The van der Waals surface area contributed by atoms with Gasteiger partial charge in [-0.05, 0) is 25.3 Å². The second kappa shape index (κ2) is 5.12. The molecule has 1 unspecified atom stereocenters. The monoisotopic (exact) mass is 218 g/mol. The predicted molar refractivity (Wildman–Crippen MR) is 64.0 cm³/mol. The van der Waals surface area contributed by atoms with Crippen LogP contribution in [0.15, 0.2) is 30.3 Å². The fraction of sp³-hybridized carbons (Fsp3) is 0.462. The van der Waals surface area contributed by atoms with Gasteiger partial charge in [-0.3, -0.25) is 4.79 Å². The van der Waals surface area contributed by atoms with Gasteiger partial charge in [0.1, 0.15) is 0 Å². The Hall–Kier alpha value is -1.35. The normalized spacial score (nSPS) is 16.8. The minimum atomic E-state index is 0.0725. The maximum atomic E-state index is 11.6. The van der Waals surface area contributed by atoms with Crippen LogP contribution in [-0.2, 0) is 4.79 Å². The molecule has 1 fully saturated rings. The van der Waals surface area contributed by atoms with E-state index in [1.54, 1.807) is 0 Å². The molecule has 2 rings (SSSR count). The van der Waals surface area contributed by atoms with Crippen molar-refractivity contribution in [3.63, 3.8) is 0 Å². The second-order valence-corrected chi connectivity index (χ2v) is 4.36. The summed E-state index contributed by atoms with van der Waals surface area (Å²) in [6, 6.07) is 10.7. The van der Waals surface area contributed by atoms with E-state index in [2.05, 4.69) is 10.6 Å². The number of hydrogen-bond acceptors (Lipinski definition) is 2. The Morgan fingerprint density at radius 1 is 1.38 bits per heavy atom. The summed E-state index contributed by atoms with van der Waals surface area (Å²) < 4.78 is 0. The summed E-state index contributed by atoms with van der Waals surface area (Å²) in [6.07, 6.45) is 2.42. The van der Waals surface area contributed by atoms with Gasteiger partial charge >= 0.3 is 0 Å². The molecule has 1 aromatic carbocycles. The van der Waals surface area contributed by atoms with Crippen LogP contribution in [0.25, 0.3) is 0 Å². The van der Waals surface area contributed by atoms with E-state index in [1.807, 2.05) is 37.3 Å². The van der Waals surface area contributed by atoms with Crippen LogP contribution < -0.4 is 10.6 Å². The summed E-state index contributed by atoms with van der Waals surface area (Å²) in [5.74, 6) is 0.0725. The van der Waals surface area contributed by atoms with Gasteiger partial charge in [0.05, 0.1) is 12.6 Å². The quantitative estimate of drug-likeness (QED) is 0.788. The van der Waals surface area contributed by atoms with Crippen LogP contribution in [0.5, 0.6) is 0 Å². The van der Waals surface area contributed by atoms with Crippen LogP contribution in [0.2, 0.25) is 0 Å². The molecule has 0 radical (unpaired) electrons. The highest BCUT2D eigenvalue weighted by Gasteiger charge is 2.21. The standard InChI is InChI=1S/C13H18N2O/c1-10(11-5-3-2-4-6-11)15-13(16)9-14-12-7-8-12/h2-6,10,12,14H,7-9H2,1H3,(H,15,16). The van der Waals surface area contributed by atoms with Crippen molar-refractivity contribution >= 4 is 5.91 Å². The minimum absolute atomic E-state index is 0.0725. The lowest BCUT2D eigenvalue weighted by Gasteiger charge is -2.14. The Morgan fingerprint density at radius 2 is 2.06 bits per heavy atom. The van der Waals surface area contributed by atoms with Crippen molar-refractivity contribution in [1.29, 1.82) is 0 Å². The number of carbonyl (C=O) groups is 1. The van der Waals surface area contributed by atoms with E-state index in [9.17, 15) is 4.79 Å². The van der Waals surface area contributed by atoms with Crippen LogP contribution in [-0.4, -0.2) is 18.5 Å². The van der Waals surface area contributed by atoms with Gasteiger partial charge in [0.25, 0.3) is 0 Å². The highest BCUT2D eigenvalue weighted by Crippen LogP contribution is 2.18. The molecule has 1 aromatic rings. The van der Waals surface area contributed by atoms with E-state index in [1.165, 1.54) is 12.8 Å². The van der Waals surface area contributed by atoms with Crippen molar-refractivity contribution in [3.05, 3.63) is 35.9 Å². The van der Waals surface area contributed by atoms with Crippen LogP contribution in [0.4, 0.5) is 0 Å². The molecular weight excluding hydrogens is 200 g/mol. The molecule has 86 valence electrons. The van der Waals surface area contributed by atoms with Crippen molar-refractivity contribution in [2.75, 3.05) is 6.54 Å². The van der Waals surface area contributed by atoms with E-state index in [0.29, 0.717) is 12.6 Å². The topological polar surface area (TPSA) is 41.1 Å². The maximum absolute atomic E-state index is 11.6. The molecule has 0 aromatic heterocycles. The average Bonchev–Trinajstić information content (AvgIpc) is 3.11. The second-order valence-electron chi connectivity index (χ2n) is 4.36. The van der Waals surface area contributed by atoms with Gasteiger partial charge in [-0.2, -0.15) is 0 Å². The number of rotatable bonds is 5. The number of hydrogen-bond donors (Lipinski definition) is 2. The average molecular weight is 218 g/mol. The molecule has 1 saturated carbocycles. The molecule has 1 atom stereocenters. The fourth-order valence-corrected chi connectivity index (χ4v) is 1.64. The zero-order valence-electron chi connectivity index (χ0n) is 9.57. The highest BCUT2D eigenvalue weighted by atomic mass is 16.1. The lowest BCUT2D eigenvalue weighted by molar-refractivity contribution is -0.120. The molecule has 0 heterocycles. The zero-order chi connectivity index (χ0) is 11.4. The van der Waals surface area contributed by atoms with Crippen LogP contribution >= 0.6 is 0 Å². The number of nitrogens with one attached hydrogen (secondary N) is 2. The lowest BCUT2D eigenvalue weighted by atomic mass is 10.1. The fourth-order valence-electron chi connectivity index (χ4n) is 1.64. The summed E-state index contributed by atoms with van der Waals surface area (Å²) in [4.78, 5) is 11.6. The summed E-state index contributed by atoms with van der Waals surface area (Å²) in [5.41, 5.74) is 1.14. The Labute approximate surface area is 96.2 Å². The van der Waals surface area contributed by atoms with Gasteiger partial charge in [0, 0.05) is 6.04 Å². The van der Waals surface area contributed by atoms with Crippen molar-refractivity contribution < 1.29 is 4.79 Å². The SMILES string of the molecule is CC(NC(=O)CNC1CC1)c1ccccc1. The molecule has 0 aliphatic heterocycles. The third-order valence-electron chi connectivity index (χ3n) is 2.81. The van der Waals surface area contributed by atoms with Crippen molar-refractivity contribution in [1.82, 2.24) is 10.6 Å². The van der Waals surface area contributed by atoms with Crippen molar-refractivity contribution in [2.45, 2.75) is 31.8 Å². The van der Waals surface area contributed by atoms with Crippen LogP contribution in [0.1, 0.15) is 31.4 Å². The Morgan fingerprint density at radius 3 is 2.69 bits per heavy atom. The summed E-state index contributed by atoms with van der Waals surface area (Å²) in [5, 5.41) is 6.18. The van der Waals surface area contributed by atoms with Crippen LogP contribution in [0, 0.1) is 0 Å². The first kappa shape index (κ1) is 11.1. The van der Waals surface area contributed by atoms with Gasteiger partial charge in [-0.1, -0.05) is 30.3 Å². The molecule has 0 bridgehead atoms. The molecule has 3 nitrogen and oxygen atoms in total. The number of benzene rings is 1. The van der Waals surface area contributed by atoms with Gasteiger partial charge in [-0.15, -0.1) is 0 Å². The van der Waals surface area contributed by atoms with E-state index >= 15 is 0 Å². The smallest absolute Gasteiger partial charge is 0.234 e.